The van der Waals surface area contributed by atoms with Gasteiger partial charge in [0.2, 0.25) is 5.88 Å². The van der Waals surface area contributed by atoms with Crippen LogP contribution in [0.3, 0.4) is 0 Å². The van der Waals surface area contributed by atoms with Gasteiger partial charge < -0.3 is 4.74 Å². The number of aromatic nitrogens is 6. The molecule has 3 heterocycles. The van der Waals surface area contributed by atoms with Gasteiger partial charge in [0, 0.05) is 11.8 Å². The summed E-state index contributed by atoms with van der Waals surface area (Å²) in [6.45, 7) is 3.86. The van der Waals surface area contributed by atoms with Crippen molar-refractivity contribution in [2.45, 2.75) is 24.7 Å². The molecule has 5 aromatic rings. The molecule has 0 saturated heterocycles. The molecule has 0 amide bonds. The molecule has 0 aliphatic rings. The van der Waals surface area contributed by atoms with E-state index in [0.29, 0.717) is 22.5 Å². The lowest BCUT2D eigenvalue weighted by Crippen LogP contribution is -2.16. The lowest BCUT2D eigenvalue weighted by atomic mass is 10.0. The molecule has 2 N–H and O–H groups in total. The molecule has 0 saturated carbocycles. The fraction of sp³-hybridized carbons (Fsp3) is 0.167. The quantitative estimate of drug-likeness (QED) is 0.322. The first kappa shape index (κ1) is 24.3. The smallest absolute Gasteiger partial charge is 0.261 e. The van der Waals surface area contributed by atoms with Crippen molar-refractivity contribution in [3.05, 3.63) is 72.1 Å². The van der Waals surface area contributed by atoms with Crippen LogP contribution in [-0.4, -0.2) is 45.7 Å². The van der Waals surface area contributed by atoms with Gasteiger partial charge in [-0.3, -0.25) is 9.82 Å². The summed E-state index contributed by atoms with van der Waals surface area (Å²) in [5.74, 6) is -1.68. The second-order valence-electron chi connectivity index (χ2n) is 8.49. The van der Waals surface area contributed by atoms with E-state index < -0.39 is 33.0 Å². The molecule has 0 fully saturated rings. The van der Waals surface area contributed by atoms with Gasteiger partial charge in [0.15, 0.2) is 17.3 Å². The summed E-state index contributed by atoms with van der Waals surface area (Å²) < 4.78 is 64.4. The molecule has 5 rings (SSSR count). The fourth-order valence-corrected chi connectivity index (χ4v) is 4.87. The van der Waals surface area contributed by atoms with Crippen molar-refractivity contribution in [1.82, 2.24) is 30.2 Å². The number of nitrogens with one attached hydrogen (secondary N) is 2. The number of H-pyrrole nitrogens is 1. The van der Waals surface area contributed by atoms with Crippen LogP contribution in [0.15, 0.2) is 59.8 Å². The highest BCUT2D eigenvalue weighted by molar-refractivity contribution is 7.92. The van der Waals surface area contributed by atoms with Crippen LogP contribution in [0.4, 0.5) is 14.5 Å². The molecule has 0 bridgehead atoms. The summed E-state index contributed by atoms with van der Waals surface area (Å²) in [4.78, 5) is 4.21. The van der Waals surface area contributed by atoms with Gasteiger partial charge in [0.05, 0.1) is 29.3 Å². The van der Waals surface area contributed by atoms with Crippen LogP contribution < -0.4 is 9.46 Å². The zero-order valence-corrected chi connectivity index (χ0v) is 20.7. The second-order valence-corrected chi connectivity index (χ2v) is 10.2. The average molecular weight is 526 g/mol. The van der Waals surface area contributed by atoms with Crippen LogP contribution in [0.5, 0.6) is 5.88 Å². The number of nitrogens with zero attached hydrogens (tertiary/aromatic N) is 5. The van der Waals surface area contributed by atoms with Gasteiger partial charge >= 0.3 is 0 Å². The first-order chi connectivity index (χ1) is 17.7. The molecule has 3 aromatic heterocycles. The van der Waals surface area contributed by atoms with Crippen molar-refractivity contribution in [2.24, 2.45) is 0 Å². The Labute approximate surface area is 210 Å². The summed E-state index contributed by atoms with van der Waals surface area (Å²) in [5, 5.41) is 15.2. The number of benzene rings is 2. The zero-order chi connectivity index (χ0) is 26.3. The lowest BCUT2D eigenvalue weighted by Gasteiger charge is -2.13. The molecule has 37 heavy (non-hydrogen) atoms. The van der Waals surface area contributed by atoms with Crippen molar-refractivity contribution < 1.29 is 21.9 Å². The minimum atomic E-state index is -4.15. The number of hydrogen-bond donors (Lipinski definition) is 2. The number of fused-ring (bicyclic) bond motifs is 1. The molecule has 190 valence electrons. The first-order valence-electron chi connectivity index (χ1n) is 11.1. The Hall–Kier alpha value is -4.39. The van der Waals surface area contributed by atoms with E-state index in [4.69, 9.17) is 4.74 Å². The van der Waals surface area contributed by atoms with Crippen LogP contribution in [0.1, 0.15) is 25.3 Å². The number of pyridine rings is 1. The minimum Gasteiger partial charge on any atom is -0.479 e. The Balaban J connectivity index is 1.50. The number of methoxy groups -OCH3 is 1. The van der Waals surface area contributed by atoms with E-state index in [9.17, 15) is 12.8 Å². The van der Waals surface area contributed by atoms with Crippen molar-refractivity contribution in [3.63, 3.8) is 0 Å². The van der Waals surface area contributed by atoms with Gasteiger partial charge in [-0.05, 0) is 41.8 Å². The topological polar surface area (TPSA) is 128 Å². The van der Waals surface area contributed by atoms with Crippen LogP contribution in [0, 0.1) is 11.6 Å². The Kier molecular flexibility index (Phi) is 6.07. The highest BCUT2D eigenvalue weighted by Gasteiger charge is 2.23. The first-order valence-corrected chi connectivity index (χ1v) is 12.6. The standard InChI is InChI=1S/C24H21F2N7O3S/c1-13(2)14-5-4-6-16(9-14)37(34,35)31-19-8-7-18(25)22(21(19)26)33-12-20(28-32-33)15-10-17-23(27-11-15)29-30-24(17)36-3/h4-13,31H,1-3H3,(H,27,29,30). The molecule has 10 nitrogen and oxygen atoms in total. The molecule has 0 aliphatic carbocycles. The van der Waals surface area contributed by atoms with Gasteiger partial charge in [0.1, 0.15) is 11.4 Å². The molecular formula is C24H21F2N7O3S. The van der Waals surface area contributed by atoms with Gasteiger partial charge in [-0.25, -0.2) is 26.9 Å². The van der Waals surface area contributed by atoms with Crippen molar-refractivity contribution in [3.8, 4) is 22.8 Å². The molecular weight excluding hydrogens is 504 g/mol. The Morgan fingerprint density at radius 1 is 1.14 bits per heavy atom. The molecule has 0 spiro atoms. The molecule has 0 radical (unpaired) electrons. The number of ether oxygens (including phenoxy) is 1. The zero-order valence-electron chi connectivity index (χ0n) is 19.9. The van der Waals surface area contributed by atoms with E-state index in [0.717, 1.165) is 22.4 Å². The normalized spacial score (nSPS) is 11.8. The van der Waals surface area contributed by atoms with Crippen LogP contribution in [-0.2, 0) is 10.0 Å². The molecule has 2 aromatic carbocycles. The molecule has 0 aliphatic heterocycles. The average Bonchev–Trinajstić information content (AvgIpc) is 3.53. The minimum absolute atomic E-state index is 0.0374. The van der Waals surface area contributed by atoms with Crippen molar-refractivity contribution >= 4 is 26.7 Å². The van der Waals surface area contributed by atoms with E-state index in [1.165, 1.54) is 31.6 Å². The van der Waals surface area contributed by atoms with Gasteiger partial charge in [-0.2, -0.15) is 0 Å². The maximum Gasteiger partial charge on any atom is 0.261 e. The Bertz CT molecular complexity index is 1730. The lowest BCUT2D eigenvalue weighted by molar-refractivity contribution is 0.401. The van der Waals surface area contributed by atoms with Crippen LogP contribution >= 0.6 is 0 Å². The van der Waals surface area contributed by atoms with E-state index in [1.807, 2.05) is 13.8 Å². The van der Waals surface area contributed by atoms with Crippen LogP contribution in [0.2, 0.25) is 0 Å². The number of anilines is 1. The number of halogens is 2. The van der Waals surface area contributed by atoms with Gasteiger partial charge in [-0.1, -0.05) is 31.2 Å². The summed E-state index contributed by atoms with van der Waals surface area (Å²) in [7, 11) is -2.69. The number of hydrogen-bond acceptors (Lipinski definition) is 7. The van der Waals surface area contributed by atoms with E-state index in [2.05, 4.69) is 30.2 Å². The molecule has 0 atom stereocenters. The van der Waals surface area contributed by atoms with Gasteiger partial charge in [-0.15, -0.1) is 10.2 Å². The number of rotatable bonds is 7. The summed E-state index contributed by atoms with van der Waals surface area (Å²) >= 11 is 0. The Morgan fingerprint density at radius 3 is 2.70 bits per heavy atom. The summed E-state index contributed by atoms with van der Waals surface area (Å²) in [5.41, 5.74) is 1.04. The summed E-state index contributed by atoms with van der Waals surface area (Å²) in [6, 6.07) is 9.99. The predicted molar refractivity (Wildman–Crippen MR) is 132 cm³/mol. The SMILES string of the molecule is COc1n[nH]c2ncc(-c3cn(-c4c(F)ccc(NS(=O)(=O)c5cccc(C(C)C)c5)c4F)nn3)cc12. The summed E-state index contributed by atoms with van der Waals surface area (Å²) in [6.07, 6.45) is 2.80. The van der Waals surface area contributed by atoms with E-state index in [-0.39, 0.29) is 16.5 Å². The number of aromatic amines is 1. The highest BCUT2D eigenvalue weighted by atomic mass is 32.2. The maximum absolute atomic E-state index is 15.5. The monoisotopic (exact) mass is 525 g/mol. The predicted octanol–water partition coefficient (Wildman–Crippen LogP) is 4.42. The van der Waals surface area contributed by atoms with E-state index >= 15 is 4.39 Å². The van der Waals surface area contributed by atoms with Crippen LogP contribution in [0.25, 0.3) is 28.0 Å². The molecule has 13 heteroatoms. The van der Waals surface area contributed by atoms with Crippen molar-refractivity contribution in [2.75, 3.05) is 11.8 Å². The van der Waals surface area contributed by atoms with Gasteiger partial charge in [0.25, 0.3) is 10.0 Å². The fourth-order valence-electron chi connectivity index (χ4n) is 3.76. The maximum atomic E-state index is 15.5. The number of sulfonamides is 1. The third-order valence-electron chi connectivity index (χ3n) is 5.74. The third-order valence-corrected chi connectivity index (χ3v) is 7.10. The van der Waals surface area contributed by atoms with Crippen molar-refractivity contribution in [1.29, 1.82) is 0 Å². The van der Waals surface area contributed by atoms with E-state index in [1.54, 1.807) is 18.2 Å². The molecule has 0 unspecified atom stereocenters. The highest BCUT2D eigenvalue weighted by Crippen LogP contribution is 2.30. The second kappa shape index (κ2) is 9.24. The Morgan fingerprint density at radius 2 is 1.95 bits per heavy atom. The largest absolute Gasteiger partial charge is 0.479 e. The third kappa shape index (κ3) is 4.48.